The van der Waals surface area contributed by atoms with E-state index in [9.17, 15) is 4.79 Å². The molecule has 1 atom stereocenters. The van der Waals surface area contributed by atoms with Crippen LogP contribution in [0.4, 0.5) is 0 Å². The largest absolute Gasteiger partial charge is 0.368 e. The van der Waals surface area contributed by atoms with Gasteiger partial charge in [-0.1, -0.05) is 13.8 Å². The molecule has 4 heteroatoms. The number of carbonyl (C=O) groups excluding carboxylic acids is 1. The van der Waals surface area contributed by atoms with E-state index in [4.69, 9.17) is 11.5 Å². The number of hydrogen-bond acceptors (Lipinski definition) is 3. The molecule has 0 aliphatic heterocycles. The lowest BCUT2D eigenvalue weighted by molar-refractivity contribution is -0.122. The van der Waals surface area contributed by atoms with Gasteiger partial charge >= 0.3 is 0 Å². The van der Waals surface area contributed by atoms with E-state index in [-0.39, 0.29) is 0 Å². The Morgan fingerprint density at radius 3 is 2.41 bits per heavy atom. The van der Waals surface area contributed by atoms with Crippen LogP contribution in [0.15, 0.2) is 0 Å². The van der Waals surface area contributed by atoms with Gasteiger partial charge in [0.05, 0.1) is 5.54 Å². The molecule has 1 amide bonds. The number of hydrogen-bond donors (Lipinski definition) is 2. The lowest BCUT2D eigenvalue weighted by Crippen LogP contribution is -2.51. The highest BCUT2D eigenvalue weighted by Crippen LogP contribution is 2.28. The highest BCUT2D eigenvalue weighted by Gasteiger charge is 2.32. The second-order valence-electron chi connectivity index (χ2n) is 5.98. The number of rotatable bonds is 8. The molecule has 0 saturated heterocycles. The van der Waals surface area contributed by atoms with Crippen LogP contribution in [0.3, 0.4) is 0 Å². The summed E-state index contributed by atoms with van der Waals surface area (Å²) in [7, 11) is 0. The van der Waals surface area contributed by atoms with Crippen molar-refractivity contribution in [3.05, 3.63) is 0 Å². The fraction of sp³-hybridized carbons (Fsp3) is 0.923. The Balaban J connectivity index is 2.37. The molecular formula is C13H27N3O. The van der Waals surface area contributed by atoms with Crippen molar-refractivity contribution in [1.82, 2.24) is 4.90 Å². The molecule has 1 fully saturated rings. The molecule has 1 aliphatic carbocycles. The van der Waals surface area contributed by atoms with Crippen molar-refractivity contribution in [2.75, 3.05) is 13.1 Å². The fourth-order valence-corrected chi connectivity index (χ4v) is 1.84. The highest BCUT2D eigenvalue weighted by atomic mass is 16.1. The molecule has 1 saturated carbocycles. The molecule has 0 bridgehead atoms. The summed E-state index contributed by atoms with van der Waals surface area (Å²) in [5.41, 5.74) is 10.3. The van der Waals surface area contributed by atoms with Crippen LogP contribution in [-0.2, 0) is 4.79 Å². The quantitative estimate of drug-likeness (QED) is 0.668. The minimum Gasteiger partial charge on any atom is -0.368 e. The molecule has 0 aromatic rings. The van der Waals surface area contributed by atoms with Gasteiger partial charge in [0.1, 0.15) is 0 Å². The van der Waals surface area contributed by atoms with E-state index in [1.165, 1.54) is 19.3 Å². The summed E-state index contributed by atoms with van der Waals surface area (Å²) >= 11 is 0. The zero-order valence-electron chi connectivity index (χ0n) is 11.4. The number of nitrogens with zero attached hydrogens (tertiary/aromatic N) is 1. The first-order valence-electron chi connectivity index (χ1n) is 6.66. The van der Waals surface area contributed by atoms with E-state index in [1.807, 2.05) is 0 Å². The third-order valence-corrected chi connectivity index (χ3v) is 3.54. The Morgan fingerprint density at radius 1 is 1.41 bits per heavy atom. The standard InChI is InChI=1S/C13H27N3O/c1-10(2)6-8-16(11-4-5-11)9-7-13(3,15)12(14)17/h10-11H,4-9,15H2,1-3H3,(H2,14,17). The molecule has 0 aromatic heterocycles. The Hall–Kier alpha value is -0.610. The third-order valence-electron chi connectivity index (χ3n) is 3.54. The van der Waals surface area contributed by atoms with Crippen LogP contribution in [0.25, 0.3) is 0 Å². The Kier molecular flexibility index (Phi) is 4.95. The summed E-state index contributed by atoms with van der Waals surface area (Å²) in [6.07, 6.45) is 4.43. The van der Waals surface area contributed by atoms with Gasteiger partial charge in [0.15, 0.2) is 0 Å². The highest BCUT2D eigenvalue weighted by molar-refractivity contribution is 5.83. The topological polar surface area (TPSA) is 72.3 Å². The molecule has 1 rings (SSSR count). The molecule has 0 spiro atoms. The fourth-order valence-electron chi connectivity index (χ4n) is 1.84. The number of nitrogens with two attached hydrogens (primary N) is 2. The van der Waals surface area contributed by atoms with Crippen molar-refractivity contribution in [2.45, 2.75) is 58.0 Å². The average Bonchev–Trinajstić information content (AvgIpc) is 3.00. The molecule has 17 heavy (non-hydrogen) atoms. The lowest BCUT2D eigenvalue weighted by atomic mass is 9.98. The van der Waals surface area contributed by atoms with Gasteiger partial charge in [-0.3, -0.25) is 4.79 Å². The van der Waals surface area contributed by atoms with Gasteiger partial charge < -0.3 is 16.4 Å². The molecule has 4 nitrogen and oxygen atoms in total. The van der Waals surface area contributed by atoms with Gasteiger partial charge in [-0.2, -0.15) is 0 Å². The van der Waals surface area contributed by atoms with Gasteiger partial charge in [0.2, 0.25) is 5.91 Å². The molecule has 0 aromatic carbocycles. The maximum absolute atomic E-state index is 11.2. The summed E-state index contributed by atoms with van der Waals surface area (Å²) < 4.78 is 0. The van der Waals surface area contributed by atoms with Gasteiger partial charge in [-0.25, -0.2) is 0 Å². The van der Waals surface area contributed by atoms with Gasteiger partial charge in [-0.15, -0.1) is 0 Å². The van der Waals surface area contributed by atoms with Crippen molar-refractivity contribution in [3.63, 3.8) is 0 Å². The number of primary amides is 1. The summed E-state index contributed by atoms with van der Waals surface area (Å²) in [5, 5.41) is 0. The molecule has 1 unspecified atom stereocenters. The van der Waals surface area contributed by atoms with Crippen LogP contribution in [0.1, 0.15) is 46.5 Å². The SMILES string of the molecule is CC(C)CCN(CCC(C)(N)C(N)=O)C1CC1. The summed E-state index contributed by atoms with van der Waals surface area (Å²) in [4.78, 5) is 13.6. The Morgan fingerprint density at radius 2 is 2.00 bits per heavy atom. The molecule has 4 N–H and O–H groups in total. The van der Waals surface area contributed by atoms with Crippen molar-refractivity contribution in [2.24, 2.45) is 17.4 Å². The zero-order chi connectivity index (χ0) is 13.1. The minimum atomic E-state index is -0.870. The average molecular weight is 241 g/mol. The second-order valence-corrected chi connectivity index (χ2v) is 5.98. The van der Waals surface area contributed by atoms with E-state index < -0.39 is 11.4 Å². The van der Waals surface area contributed by atoms with Gasteiger partial charge in [0.25, 0.3) is 0 Å². The van der Waals surface area contributed by atoms with Crippen molar-refractivity contribution in [1.29, 1.82) is 0 Å². The first-order valence-corrected chi connectivity index (χ1v) is 6.66. The van der Waals surface area contributed by atoms with E-state index in [2.05, 4.69) is 18.7 Å². The third kappa shape index (κ3) is 5.04. The number of carbonyl (C=O) groups is 1. The van der Waals surface area contributed by atoms with E-state index in [0.717, 1.165) is 25.0 Å². The normalized spacial score (nSPS) is 19.6. The first kappa shape index (κ1) is 14.5. The molecule has 0 radical (unpaired) electrons. The predicted molar refractivity (Wildman–Crippen MR) is 70.5 cm³/mol. The summed E-state index contributed by atoms with van der Waals surface area (Å²) in [6.45, 7) is 8.19. The van der Waals surface area contributed by atoms with Crippen LogP contribution in [0, 0.1) is 5.92 Å². The monoisotopic (exact) mass is 241 g/mol. The predicted octanol–water partition coefficient (Wildman–Crippen LogP) is 1.09. The zero-order valence-corrected chi connectivity index (χ0v) is 11.4. The molecule has 0 heterocycles. The minimum absolute atomic E-state index is 0.405. The van der Waals surface area contributed by atoms with Crippen LogP contribution in [0.5, 0.6) is 0 Å². The van der Waals surface area contributed by atoms with Gasteiger partial charge in [-0.05, 0) is 45.1 Å². The molecular weight excluding hydrogens is 214 g/mol. The summed E-state index contributed by atoms with van der Waals surface area (Å²) in [5.74, 6) is 0.314. The molecule has 100 valence electrons. The van der Waals surface area contributed by atoms with E-state index in [1.54, 1.807) is 6.92 Å². The smallest absolute Gasteiger partial charge is 0.237 e. The Labute approximate surface area is 105 Å². The summed E-state index contributed by atoms with van der Waals surface area (Å²) in [6, 6.07) is 0.720. The van der Waals surface area contributed by atoms with E-state index >= 15 is 0 Å². The number of amides is 1. The van der Waals surface area contributed by atoms with Crippen LogP contribution in [0.2, 0.25) is 0 Å². The van der Waals surface area contributed by atoms with Crippen LogP contribution >= 0.6 is 0 Å². The maximum atomic E-state index is 11.2. The lowest BCUT2D eigenvalue weighted by Gasteiger charge is -2.27. The molecule has 1 aliphatic rings. The maximum Gasteiger partial charge on any atom is 0.237 e. The van der Waals surface area contributed by atoms with Crippen molar-refractivity contribution >= 4 is 5.91 Å². The van der Waals surface area contributed by atoms with Crippen molar-refractivity contribution < 1.29 is 4.79 Å². The van der Waals surface area contributed by atoms with Crippen LogP contribution in [-0.4, -0.2) is 35.5 Å². The van der Waals surface area contributed by atoms with Gasteiger partial charge in [0, 0.05) is 12.6 Å². The van der Waals surface area contributed by atoms with E-state index in [0.29, 0.717) is 6.42 Å². The van der Waals surface area contributed by atoms with Crippen LogP contribution < -0.4 is 11.5 Å². The van der Waals surface area contributed by atoms with Crippen molar-refractivity contribution in [3.8, 4) is 0 Å². The first-order chi connectivity index (χ1) is 7.83. The Bertz CT molecular complexity index is 259. The second kappa shape index (κ2) is 5.83.